The van der Waals surface area contributed by atoms with E-state index in [0.29, 0.717) is 17.2 Å². The highest BCUT2D eigenvalue weighted by Crippen LogP contribution is 2.38. The molecular formula is C15H16N2O3. The van der Waals surface area contributed by atoms with Crippen molar-refractivity contribution in [1.82, 2.24) is 10.2 Å². The average molecular weight is 272 g/mol. The number of benzene rings is 1. The van der Waals surface area contributed by atoms with Gasteiger partial charge in [-0.2, -0.15) is 10.2 Å². The number of hydrogen-bond acceptors (Lipinski definition) is 5. The van der Waals surface area contributed by atoms with Gasteiger partial charge in [-0.05, 0) is 29.3 Å². The second kappa shape index (κ2) is 6.56. The quantitative estimate of drug-likeness (QED) is 0.837. The van der Waals surface area contributed by atoms with Crippen LogP contribution in [0.25, 0.3) is 12.2 Å². The Kier molecular flexibility index (Phi) is 4.55. The summed E-state index contributed by atoms with van der Waals surface area (Å²) >= 11 is 0. The molecule has 104 valence electrons. The van der Waals surface area contributed by atoms with E-state index in [1.165, 1.54) is 0 Å². The number of hydrogen-bond donors (Lipinski definition) is 0. The second-order valence-electron chi connectivity index (χ2n) is 3.97. The largest absolute Gasteiger partial charge is 0.493 e. The molecule has 0 aliphatic heterocycles. The summed E-state index contributed by atoms with van der Waals surface area (Å²) in [6, 6.07) is 5.64. The van der Waals surface area contributed by atoms with Crippen LogP contribution in [-0.2, 0) is 0 Å². The van der Waals surface area contributed by atoms with Crippen LogP contribution < -0.4 is 14.2 Å². The molecule has 2 aromatic rings. The first kappa shape index (κ1) is 13.9. The molecule has 5 nitrogen and oxygen atoms in total. The Morgan fingerprint density at radius 3 is 2.00 bits per heavy atom. The highest BCUT2D eigenvalue weighted by molar-refractivity contribution is 5.72. The van der Waals surface area contributed by atoms with E-state index < -0.39 is 0 Å². The maximum absolute atomic E-state index is 5.31. The lowest BCUT2D eigenvalue weighted by atomic mass is 10.1. The van der Waals surface area contributed by atoms with E-state index in [1.54, 1.807) is 33.7 Å². The average Bonchev–Trinajstić information content (AvgIpc) is 2.52. The van der Waals surface area contributed by atoms with Crippen molar-refractivity contribution >= 4 is 12.2 Å². The number of ether oxygens (including phenoxy) is 3. The van der Waals surface area contributed by atoms with Gasteiger partial charge in [0.15, 0.2) is 11.5 Å². The number of rotatable bonds is 5. The summed E-state index contributed by atoms with van der Waals surface area (Å²) in [6.45, 7) is 0. The summed E-state index contributed by atoms with van der Waals surface area (Å²) < 4.78 is 15.9. The third-order valence-corrected chi connectivity index (χ3v) is 2.76. The van der Waals surface area contributed by atoms with E-state index >= 15 is 0 Å². The SMILES string of the molecule is COc1cc(/C=C/c2ccnnc2)cc(OC)c1OC. The molecule has 0 amide bonds. The Morgan fingerprint density at radius 1 is 0.850 bits per heavy atom. The third-order valence-electron chi connectivity index (χ3n) is 2.76. The monoisotopic (exact) mass is 272 g/mol. The van der Waals surface area contributed by atoms with Gasteiger partial charge in [-0.3, -0.25) is 0 Å². The van der Waals surface area contributed by atoms with Crippen molar-refractivity contribution in [3.05, 3.63) is 41.7 Å². The summed E-state index contributed by atoms with van der Waals surface area (Å²) in [5.41, 5.74) is 1.91. The molecule has 0 N–H and O–H groups in total. The summed E-state index contributed by atoms with van der Waals surface area (Å²) in [5, 5.41) is 7.56. The van der Waals surface area contributed by atoms with Gasteiger partial charge in [-0.25, -0.2) is 0 Å². The van der Waals surface area contributed by atoms with E-state index in [9.17, 15) is 0 Å². The van der Waals surface area contributed by atoms with Crippen molar-refractivity contribution in [3.63, 3.8) is 0 Å². The van der Waals surface area contributed by atoms with Gasteiger partial charge in [0.2, 0.25) is 5.75 Å². The summed E-state index contributed by atoms with van der Waals surface area (Å²) in [5.74, 6) is 1.83. The minimum absolute atomic E-state index is 0.581. The second-order valence-corrected chi connectivity index (χ2v) is 3.97. The molecule has 0 saturated heterocycles. The zero-order valence-electron chi connectivity index (χ0n) is 11.7. The molecule has 0 aliphatic rings. The Hall–Kier alpha value is -2.56. The number of nitrogens with zero attached hydrogens (tertiary/aromatic N) is 2. The van der Waals surface area contributed by atoms with Crippen molar-refractivity contribution in [2.45, 2.75) is 0 Å². The molecule has 0 unspecified atom stereocenters. The molecule has 20 heavy (non-hydrogen) atoms. The van der Waals surface area contributed by atoms with Gasteiger partial charge < -0.3 is 14.2 Å². The first-order chi connectivity index (χ1) is 9.78. The zero-order chi connectivity index (χ0) is 14.4. The van der Waals surface area contributed by atoms with E-state index in [1.807, 2.05) is 30.4 Å². The van der Waals surface area contributed by atoms with E-state index in [0.717, 1.165) is 11.1 Å². The molecule has 0 spiro atoms. The van der Waals surface area contributed by atoms with Crippen LogP contribution in [0.1, 0.15) is 11.1 Å². The summed E-state index contributed by atoms with van der Waals surface area (Å²) in [6.07, 6.45) is 7.22. The van der Waals surface area contributed by atoms with Crippen molar-refractivity contribution in [2.24, 2.45) is 0 Å². The molecule has 0 radical (unpaired) electrons. The fraction of sp³-hybridized carbons (Fsp3) is 0.200. The smallest absolute Gasteiger partial charge is 0.203 e. The molecule has 5 heteroatoms. The Balaban J connectivity index is 2.35. The van der Waals surface area contributed by atoms with Gasteiger partial charge in [0.05, 0.1) is 33.7 Å². The molecule has 0 atom stereocenters. The van der Waals surface area contributed by atoms with Gasteiger partial charge in [0.25, 0.3) is 0 Å². The molecule has 1 heterocycles. The van der Waals surface area contributed by atoms with Gasteiger partial charge >= 0.3 is 0 Å². The van der Waals surface area contributed by atoms with E-state index in [-0.39, 0.29) is 0 Å². The molecule has 2 rings (SSSR count). The van der Waals surface area contributed by atoms with Gasteiger partial charge in [-0.15, -0.1) is 0 Å². The maximum Gasteiger partial charge on any atom is 0.203 e. The van der Waals surface area contributed by atoms with Crippen LogP contribution >= 0.6 is 0 Å². The highest BCUT2D eigenvalue weighted by atomic mass is 16.5. The third kappa shape index (κ3) is 3.06. The first-order valence-electron chi connectivity index (χ1n) is 6.03. The van der Waals surface area contributed by atoms with Crippen molar-refractivity contribution in [2.75, 3.05) is 21.3 Å². The van der Waals surface area contributed by atoms with Gasteiger partial charge in [0, 0.05) is 0 Å². The van der Waals surface area contributed by atoms with Crippen LogP contribution in [0.2, 0.25) is 0 Å². The molecule has 0 aliphatic carbocycles. The topological polar surface area (TPSA) is 53.5 Å². The van der Waals surface area contributed by atoms with Gasteiger partial charge in [0.1, 0.15) is 0 Å². The number of methoxy groups -OCH3 is 3. The lowest BCUT2D eigenvalue weighted by molar-refractivity contribution is 0.324. The van der Waals surface area contributed by atoms with Crippen LogP contribution in [0.5, 0.6) is 17.2 Å². The minimum atomic E-state index is 0.581. The summed E-state index contributed by atoms with van der Waals surface area (Å²) in [7, 11) is 4.77. The lowest BCUT2D eigenvalue weighted by Gasteiger charge is -2.12. The molecule has 0 saturated carbocycles. The minimum Gasteiger partial charge on any atom is -0.493 e. The highest BCUT2D eigenvalue weighted by Gasteiger charge is 2.11. The molecule has 0 bridgehead atoms. The fourth-order valence-corrected chi connectivity index (χ4v) is 1.79. The van der Waals surface area contributed by atoms with Crippen molar-refractivity contribution in [3.8, 4) is 17.2 Å². The van der Waals surface area contributed by atoms with Crippen LogP contribution in [0.3, 0.4) is 0 Å². The summed E-state index contributed by atoms with van der Waals surface area (Å²) in [4.78, 5) is 0. The molecule has 0 fully saturated rings. The normalized spacial score (nSPS) is 10.6. The lowest BCUT2D eigenvalue weighted by Crippen LogP contribution is -1.95. The van der Waals surface area contributed by atoms with Crippen LogP contribution in [-0.4, -0.2) is 31.5 Å². The molecular weight excluding hydrogens is 256 g/mol. The Labute approximate surface area is 117 Å². The predicted molar refractivity (Wildman–Crippen MR) is 77.1 cm³/mol. The van der Waals surface area contributed by atoms with Crippen LogP contribution in [0.4, 0.5) is 0 Å². The predicted octanol–water partition coefficient (Wildman–Crippen LogP) is 2.67. The molecule has 1 aromatic carbocycles. The van der Waals surface area contributed by atoms with Crippen molar-refractivity contribution in [1.29, 1.82) is 0 Å². The van der Waals surface area contributed by atoms with E-state index in [2.05, 4.69) is 10.2 Å². The van der Waals surface area contributed by atoms with Crippen LogP contribution in [0.15, 0.2) is 30.6 Å². The molecule has 1 aromatic heterocycles. The standard InChI is InChI=1S/C15H16N2O3/c1-18-13-8-12(9-14(19-2)15(13)20-3)5-4-11-6-7-16-17-10-11/h4-10H,1-3H3/b5-4+. The van der Waals surface area contributed by atoms with Crippen molar-refractivity contribution < 1.29 is 14.2 Å². The van der Waals surface area contributed by atoms with Crippen LogP contribution in [0, 0.1) is 0 Å². The van der Waals surface area contributed by atoms with Gasteiger partial charge in [-0.1, -0.05) is 12.2 Å². The fourth-order valence-electron chi connectivity index (χ4n) is 1.79. The first-order valence-corrected chi connectivity index (χ1v) is 6.03. The maximum atomic E-state index is 5.31. The Morgan fingerprint density at radius 2 is 1.50 bits per heavy atom. The zero-order valence-corrected chi connectivity index (χ0v) is 11.7. The Bertz CT molecular complexity index is 572. The number of aromatic nitrogens is 2. The van der Waals surface area contributed by atoms with E-state index in [4.69, 9.17) is 14.2 Å².